The van der Waals surface area contributed by atoms with Crippen LogP contribution in [0.15, 0.2) is 18.2 Å². The van der Waals surface area contributed by atoms with Gasteiger partial charge in [-0.15, -0.1) is 0 Å². The van der Waals surface area contributed by atoms with Crippen molar-refractivity contribution < 1.29 is 19.1 Å². The molecule has 0 aliphatic rings. The maximum absolute atomic E-state index is 14.5. The lowest BCUT2D eigenvalue weighted by atomic mass is 9.93. The summed E-state index contributed by atoms with van der Waals surface area (Å²) in [5, 5.41) is 6.03. The predicted octanol–water partition coefficient (Wildman–Crippen LogP) is 6.95. The Kier molecular flexibility index (Phi) is 15.1. The number of nitrogens with zero attached hydrogens (tertiary/aromatic N) is 1. The van der Waals surface area contributed by atoms with Crippen molar-refractivity contribution in [2.75, 3.05) is 12.0 Å². The normalized spacial score (nSPS) is 14.7. The number of rotatable bonds is 15. The van der Waals surface area contributed by atoms with Crippen LogP contribution in [0.5, 0.6) is 0 Å². The second-order valence-corrected chi connectivity index (χ2v) is 13.5. The largest absolute Gasteiger partial charge is 0.444 e. The molecule has 0 spiro atoms. The minimum atomic E-state index is -0.828. The highest BCUT2D eigenvalue weighted by Gasteiger charge is 2.39. The SMILES string of the molecule is CCCC(C)NC(=O)C(c1cc(C)ccc1C)N(C(=O)C(CCSC)NC(=O)OC(C)(C)C)C(C)CCC(C)C. The third-order valence-corrected chi connectivity index (χ3v) is 7.50. The number of ether oxygens (including phenoxy) is 1. The van der Waals surface area contributed by atoms with Gasteiger partial charge in [0.15, 0.2) is 0 Å². The number of carbonyl (C=O) groups excluding carboxylic acids is 3. The molecule has 7 nitrogen and oxygen atoms in total. The van der Waals surface area contributed by atoms with E-state index in [0.29, 0.717) is 18.1 Å². The van der Waals surface area contributed by atoms with Crippen LogP contribution in [0.3, 0.4) is 0 Å². The first-order valence-corrected chi connectivity index (χ1v) is 16.2. The molecule has 1 rings (SSSR count). The molecule has 0 heterocycles. The Balaban J connectivity index is 3.70. The number of thioether (sulfide) groups is 1. The minimum absolute atomic E-state index is 0.0276. The highest BCUT2D eigenvalue weighted by molar-refractivity contribution is 7.98. The molecule has 0 radical (unpaired) electrons. The lowest BCUT2D eigenvalue weighted by molar-refractivity contribution is -0.145. The van der Waals surface area contributed by atoms with Gasteiger partial charge in [0, 0.05) is 12.1 Å². The second kappa shape index (κ2) is 16.9. The Hall–Kier alpha value is -2.22. The molecule has 0 fully saturated rings. The third-order valence-electron chi connectivity index (χ3n) is 6.86. The van der Waals surface area contributed by atoms with Crippen molar-refractivity contribution in [1.82, 2.24) is 15.5 Å². The Morgan fingerprint density at radius 1 is 0.975 bits per heavy atom. The lowest BCUT2D eigenvalue weighted by Crippen LogP contribution is -2.56. The number of hydrogen-bond donors (Lipinski definition) is 2. The third kappa shape index (κ3) is 12.1. The van der Waals surface area contributed by atoms with Gasteiger partial charge in [-0.2, -0.15) is 11.8 Å². The Morgan fingerprint density at radius 3 is 2.17 bits per heavy atom. The van der Waals surface area contributed by atoms with Crippen molar-refractivity contribution >= 4 is 29.7 Å². The van der Waals surface area contributed by atoms with Gasteiger partial charge in [-0.25, -0.2) is 4.79 Å². The topological polar surface area (TPSA) is 87.7 Å². The summed E-state index contributed by atoms with van der Waals surface area (Å²) in [7, 11) is 0. The van der Waals surface area contributed by atoms with Crippen molar-refractivity contribution in [3.63, 3.8) is 0 Å². The van der Waals surface area contributed by atoms with Gasteiger partial charge in [-0.05, 0) is 103 Å². The highest BCUT2D eigenvalue weighted by Crippen LogP contribution is 2.31. The van der Waals surface area contributed by atoms with Crippen LogP contribution in [-0.4, -0.2) is 58.5 Å². The van der Waals surface area contributed by atoms with Crippen LogP contribution < -0.4 is 10.6 Å². The van der Waals surface area contributed by atoms with E-state index in [2.05, 4.69) is 31.4 Å². The summed E-state index contributed by atoms with van der Waals surface area (Å²) in [6.07, 6.45) is 5.21. The van der Waals surface area contributed by atoms with Gasteiger partial charge in [-0.3, -0.25) is 9.59 Å². The Morgan fingerprint density at radius 2 is 1.62 bits per heavy atom. The molecule has 0 bridgehead atoms. The van der Waals surface area contributed by atoms with Crippen LogP contribution >= 0.6 is 11.8 Å². The van der Waals surface area contributed by atoms with E-state index >= 15 is 0 Å². The van der Waals surface area contributed by atoms with Crippen molar-refractivity contribution in [3.8, 4) is 0 Å². The smallest absolute Gasteiger partial charge is 0.408 e. The summed E-state index contributed by atoms with van der Waals surface area (Å²) >= 11 is 1.61. The lowest BCUT2D eigenvalue weighted by Gasteiger charge is -2.39. The quantitative estimate of drug-likeness (QED) is 0.236. The van der Waals surface area contributed by atoms with Crippen molar-refractivity contribution in [1.29, 1.82) is 0 Å². The fourth-order valence-electron chi connectivity index (χ4n) is 4.73. The predicted molar refractivity (Wildman–Crippen MR) is 168 cm³/mol. The standard InChI is InChI=1S/C32H55N3O4S/c1-12-13-24(6)33-29(36)28(26-20-22(4)15-16-23(26)5)35(25(7)17-14-21(2)3)30(37)27(18-19-40-11)34-31(38)39-32(8,9)10/h15-16,20-21,24-25,27-28H,12-14,17-19H2,1-11H3,(H,33,36)(H,34,38). The molecule has 40 heavy (non-hydrogen) atoms. The molecule has 3 amide bonds. The molecule has 1 aromatic carbocycles. The van der Waals surface area contributed by atoms with E-state index in [1.807, 2.05) is 52.1 Å². The van der Waals surface area contributed by atoms with Gasteiger partial charge in [0.1, 0.15) is 17.7 Å². The minimum Gasteiger partial charge on any atom is -0.444 e. The molecule has 0 saturated heterocycles. The first-order valence-electron chi connectivity index (χ1n) is 14.8. The molecule has 2 N–H and O–H groups in total. The molecule has 4 unspecified atom stereocenters. The maximum Gasteiger partial charge on any atom is 0.408 e. The first kappa shape index (κ1) is 35.8. The monoisotopic (exact) mass is 577 g/mol. The summed E-state index contributed by atoms with van der Waals surface area (Å²) < 4.78 is 5.52. The van der Waals surface area contributed by atoms with Crippen LogP contribution in [0.4, 0.5) is 4.79 Å². The molecule has 228 valence electrons. The van der Waals surface area contributed by atoms with Gasteiger partial charge < -0.3 is 20.3 Å². The number of carbonyl (C=O) groups is 3. The van der Waals surface area contributed by atoms with Gasteiger partial charge in [0.25, 0.3) is 0 Å². The van der Waals surface area contributed by atoms with Crippen LogP contribution in [0.25, 0.3) is 0 Å². The van der Waals surface area contributed by atoms with E-state index in [0.717, 1.165) is 42.4 Å². The van der Waals surface area contributed by atoms with Gasteiger partial charge in [-0.1, -0.05) is 51.0 Å². The van der Waals surface area contributed by atoms with Crippen molar-refractivity contribution in [3.05, 3.63) is 34.9 Å². The molecule has 0 aromatic heterocycles. The summed E-state index contributed by atoms with van der Waals surface area (Å²) in [5.41, 5.74) is 2.08. The van der Waals surface area contributed by atoms with Crippen LogP contribution in [0.1, 0.15) is 110 Å². The molecule has 0 saturated carbocycles. The van der Waals surface area contributed by atoms with E-state index in [4.69, 9.17) is 4.74 Å². The Bertz CT molecular complexity index is 960. The fraction of sp³-hybridized carbons (Fsp3) is 0.719. The zero-order valence-corrected chi connectivity index (χ0v) is 27.7. The summed E-state index contributed by atoms with van der Waals surface area (Å²) in [6, 6.07) is 4.13. The van der Waals surface area contributed by atoms with Crippen LogP contribution in [0, 0.1) is 19.8 Å². The molecule has 0 aliphatic heterocycles. The highest BCUT2D eigenvalue weighted by atomic mass is 32.2. The maximum atomic E-state index is 14.5. The van der Waals surface area contributed by atoms with Crippen LogP contribution in [-0.2, 0) is 14.3 Å². The average molecular weight is 578 g/mol. The van der Waals surface area contributed by atoms with Crippen LogP contribution in [0.2, 0.25) is 0 Å². The van der Waals surface area contributed by atoms with Gasteiger partial charge >= 0.3 is 6.09 Å². The van der Waals surface area contributed by atoms with E-state index in [9.17, 15) is 14.4 Å². The molecular formula is C32H55N3O4S. The van der Waals surface area contributed by atoms with E-state index in [1.54, 1.807) is 37.4 Å². The first-order chi connectivity index (χ1) is 18.6. The molecule has 1 aromatic rings. The number of hydrogen-bond acceptors (Lipinski definition) is 5. The van der Waals surface area contributed by atoms with E-state index in [-0.39, 0.29) is 23.9 Å². The molecule has 0 aliphatic carbocycles. The number of benzene rings is 1. The van der Waals surface area contributed by atoms with E-state index < -0.39 is 23.8 Å². The summed E-state index contributed by atoms with van der Waals surface area (Å²) in [6.45, 7) is 19.8. The fourth-order valence-corrected chi connectivity index (χ4v) is 5.21. The van der Waals surface area contributed by atoms with Gasteiger partial charge in [0.2, 0.25) is 11.8 Å². The zero-order valence-electron chi connectivity index (χ0n) is 26.8. The number of amides is 3. The molecule has 4 atom stereocenters. The second-order valence-electron chi connectivity index (χ2n) is 12.5. The Labute approximate surface area is 248 Å². The number of nitrogens with one attached hydrogen (secondary N) is 2. The van der Waals surface area contributed by atoms with Gasteiger partial charge in [0.05, 0.1) is 0 Å². The van der Waals surface area contributed by atoms with Crippen molar-refractivity contribution in [2.45, 2.75) is 131 Å². The molecular weight excluding hydrogens is 522 g/mol. The average Bonchev–Trinajstić information content (AvgIpc) is 2.83. The number of alkyl carbamates (subject to hydrolysis) is 1. The number of aryl methyl sites for hydroxylation is 2. The van der Waals surface area contributed by atoms with Crippen molar-refractivity contribution in [2.24, 2.45) is 5.92 Å². The zero-order chi connectivity index (χ0) is 30.6. The summed E-state index contributed by atoms with van der Waals surface area (Å²) in [4.78, 5) is 43.2. The van der Waals surface area contributed by atoms with E-state index in [1.165, 1.54) is 0 Å². The molecule has 8 heteroatoms. The summed E-state index contributed by atoms with van der Waals surface area (Å²) in [5.74, 6) is 0.665.